The zero-order valence-electron chi connectivity index (χ0n) is 9.44. The molecule has 0 spiro atoms. The molecule has 1 N–H and O–H groups in total. The normalized spacial score (nSPS) is 9.94. The van der Waals surface area contributed by atoms with E-state index in [0.717, 1.165) is 0 Å². The Hall–Kier alpha value is -1.75. The van der Waals surface area contributed by atoms with Crippen molar-refractivity contribution in [1.29, 1.82) is 0 Å². The summed E-state index contributed by atoms with van der Waals surface area (Å²) < 4.78 is 15.1. The molecule has 5 nitrogen and oxygen atoms in total. The lowest BCUT2D eigenvalue weighted by atomic mass is 10.1. The smallest absolute Gasteiger partial charge is 0.339 e. The molecular formula is C11H14O5. The van der Waals surface area contributed by atoms with E-state index >= 15 is 0 Å². The molecule has 0 aliphatic carbocycles. The van der Waals surface area contributed by atoms with Crippen molar-refractivity contribution in [3.8, 4) is 11.5 Å². The third-order valence-electron chi connectivity index (χ3n) is 2.13. The third kappa shape index (κ3) is 2.43. The predicted octanol–water partition coefficient (Wildman–Crippen LogP) is 1.55. The Balaban J connectivity index is 3.28. The maximum atomic E-state index is 11.0. The van der Waals surface area contributed by atoms with Crippen LogP contribution in [0.15, 0.2) is 12.1 Å². The van der Waals surface area contributed by atoms with Crippen molar-refractivity contribution >= 4 is 5.97 Å². The Morgan fingerprint density at radius 2 is 1.81 bits per heavy atom. The van der Waals surface area contributed by atoms with Crippen molar-refractivity contribution in [1.82, 2.24) is 0 Å². The lowest BCUT2D eigenvalue weighted by Gasteiger charge is -2.12. The van der Waals surface area contributed by atoms with E-state index in [0.29, 0.717) is 11.3 Å². The molecule has 0 aliphatic rings. The number of carbonyl (C=O) groups is 1. The highest BCUT2D eigenvalue weighted by Crippen LogP contribution is 2.29. The lowest BCUT2D eigenvalue weighted by Crippen LogP contribution is -2.04. The zero-order chi connectivity index (χ0) is 12.1. The molecule has 0 atom stereocenters. The molecule has 0 aliphatic heterocycles. The Bertz CT molecular complexity index is 386. The summed E-state index contributed by atoms with van der Waals surface area (Å²) in [5.74, 6) is -0.232. The average molecular weight is 226 g/mol. The minimum Gasteiger partial charge on any atom is -0.496 e. The van der Waals surface area contributed by atoms with Crippen molar-refractivity contribution < 1.29 is 24.1 Å². The Morgan fingerprint density at radius 3 is 2.25 bits per heavy atom. The van der Waals surface area contributed by atoms with Crippen LogP contribution in [0.25, 0.3) is 0 Å². The monoisotopic (exact) mass is 226 g/mol. The van der Waals surface area contributed by atoms with Gasteiger partial charge in [-0.1, -0.05) is 0 Å². The molecule has 1 aromatic rings. The lowest BCUT2D eigenvalue weighted by molar-refractivity contribution is 0.0693. The Kier molecular flexibility index (Phi) is 4.13. The maximum Gasteiger partial charge on any atom is 0.339 e. The van der Waals surface area contributed by atoms with Crippen molar-refractivity contribution in [3.05, 3.63) is 23.3 Å². The fourth-order valence-electron chi connectivity index (χ4n) is 1.40. The molecule has 1 rings (SSSR count). The van der Waals surface area contributed by atoms with Crippen molar-refractivity contribution in [2.24, 2.45) is 0 Å². The summed E-state index contributed by atoms with van der Waals surface area (Å²) in [7, 11) is 4.45. The number of aromatic carboxylic acids is 1. The van der Waals surface area contributed by atoms with Crippen LogP contribution < -0.4 is 9.47 Å². The van der Waals surface area contributed by atoms with Crippen molar-refractivity contribution in [2.45, 2.75) is 6.61 Å². The first-order chi connectivity index (χ1) is 7.63. The topological polar surface area (TPSA) is 65.0 Å². The van der Waals surface area contributed by atoms with Crippen LogP contribution in [0, 0.1) is 0 Å². The van der Waals surface area contributed by atoms with Gasteiger partial charge in [0.15, 0.2) is 0 Å². The number of ether oxygens (including phenoxy) is 3. The molecule has 0 bridgehead atoms. The maximum absolute atomic E-state index is 11.0. The number of rotatable bonds is 5. The molecule has 0 radical (unpaired) electrons. The predicted molar refractivity (Wildman–Crippen MR) is 57.2 cm³/mol. The van der Waals surface area contributed by atoms with E-state index in [1.165, 1.54) is 33.5 Å². The van der Waals surface area contributed by atoms with E-state index in [2.05, 4.69) is 0 Å². The molecule has 1 aromatic carbocycles. The second-order valence-electron chi connectivity index (χ2n) is 3.10. The van der Waals surface area contributed by atoms with Gasteiger partial charge in [-0.05, 0) is 6.07 Å². The van der Waals surface area contributed by atoms with Crippen LogP contribution in [0.5, 0.6) is 11.5 Å². The standard InChI is InChI=1S/C11H14O5/c1-14-6-7-4-8(11(12)13)10(16-3)5-9(7)15-2/h4-5H,6H2,1-3H3,(H,12,13). The van der Waals surface area contributed by atoms with Crippen LogP contribution in [0.2, 0.25) is 0 Å². The first-order valence-electron chi connectivity index (χ1n) is 4.61. The minimum atomic E-state index is -1.04. The number of methoxy groups -OCH3 is 3. The summed E-state index contributed by atoms with van der Waals surface area (Å²) in [4.78, 5) is 11.0. The summed E-state index contributed by atoms with van der Waals surface area (Å²) in [6.07, 6.45) is 0. The molecule has 5 heteroatoms. The van der Waals surface area contributed by atoms with Gasteiger partial charge in [-0.25, -0.2) is 4.79 Å². The molecule has 88 valence electrons. The van der Waals surface area contributed by atoms with Crippen LogP contribution in [0.1, 0.15) is 15.9 Å². The number of benzene rings is 1. The van der Waals surface area contributed by atoms with Gasteiger partial charge in [0.25, 0.3) is 0 Å². The molecule has 0 saturated heterocycles. The number of hydrogen-bond acceptors (Lipinski definition) is 4. The highest BCUT2D eigenvalue weighted by atomic mass is 16.5. The van der Waals surface area contributed by atoms with E-state index in [1.807, 2.05) is 0 Å². The van der Waals surface area contributed by atoms with E-state index in [1.54, 1.807) is 0 Å². The Labute approximate surface area is 93.6 Å². The Morgan fingerprint density at radius 1 is 1.19 bits per heavy atom. The van der Waals surface area contributed by atoms with Gasteiger partial charge in [0.05, 0.1) is 20.8 Å². The van der Waals surface area contributed by atoms with Gasteiger partial charge in [-0.2, -0.15) is 0 Å². The molecule has 0 fully saturated rings. The van der Waals surface area contributed by atoms with Gasteiger partial charge in [0.1, 0.15) is 17.1 Å². The fourth-order valence-corrected chi connectivity index (χ4v) is 1.40. The number of carboxylic acid groups (broad SMARTS) is 1. The highest BCUT2D eigenvalue weighted by molar-refractivity contribution is 5.91. The average Bonchev–Trinajstić information content (AvgIpc) is 2.28. The fraction of sp³-hybridized carbons (Fsp3) is 0.364. The second kappa shape index (κ2) is 5.37. The minimum absolute atomic E-state index is 0.0929. The quantitative estimate of drug-likeness (QED) is 0.825. The molecule has 0 aromatic heterocycles. The van der Waals surface area contributed by atoms with Crippen molar-refractivity contribution in [2.75, 3.05) is 21.3 Å². The van der Waals surface area contributed by atoms with Gasteiger partial charge in [-0.15, -0.1) is 0 Å². The van der Waals surface area contributed by atoms with Crippen LogP contribution in [0.3, 0.4) is 0 Å². The number of hydrogen-bond donors (Lipinski definition) is 1. The summed E-state index contributed by atoms with van der Waals surface area (Å²) in [5.41, 5.74) is 0.763. The molecule has 0 unspecified atom stereocenters. The first kappa shape index (κ1) is 12.3. The SMILES string of the molecule is COCc1cc(C(=O)O)c(OC)cc1OC. The van der Waals surface area contributed by atoms with E-state index < -0.39 is 5.97 Å². The van der Waals surface area contributed by atoms with E-state index in [9.17, 15) is 4.79 Å². The van der Waals surface area contributed by atoms with Crippen LogP contribution >= 0.6 is 0 Å². The molecular weight excluding hydrogens is 212 g/mol. The summed E-state index contributed by atoms with van der Waals surface area (Å²) in [5, 5.41) is 8.99. The van der Waals surface area contributed by atoms with Gasteiger partial charge >= 0.3 is 5.97 Å². The molecule has 0 heterocycles. The van der Waals surface area contributed by atoms with E-state index in [-0.39, 0.29) is 17.9 Å². The highest BCUT2D eigenvalue weighted by Gasteiger charge is 2.15. The van der Waals surface area contributed by atoms with E-state index in [4.69, 9.17) is 19.3 Å². The van der Waals surface area contributed by atoms with Crippen LogP contribution in [0.4, 0.5) is 0 Å². The first-order valence-corrected chi connectivity index (χ1v) is 4.61. The third-order valence-corrected chi connectivity index (χ3v) is 2.13. The summed E-state index contributed by atoms with van der Waals surface area (Å²) in [6, 6.07) is 3.03. The molecule has 0 amide bonds. The van der Waals surface area contributed by atoms with Crippen molar-refractivity contribution in [3.63, 3.8) is 0 Å². The van der Waals surface area contributed by atoms with Gasteiger partial charge < -0.3 is 19.3 Å². The molecule has 0 saturated carbocycles. The van der Waals surface area contributed by atoms with Gasteiger partial charge in [0.2, 0.25) is 0 Å². The van der Waals surface area contributed by atoms with Crippen LogP contribution in [-0.2, 0) is 11.3 Å². The second-order valence-corrected chi connectivity index (χ2v) is 3.10. The largest absolute Gasteiger partial charge is 0.496 e. The van der Waals surface area contributed by atoms with Gasteiger partial charge in [-0.3, -0.25) is 0 Å². The number of carboxylic acids is 1. The van der Waals surface area contributed by atoms with Crippen LogP contribution in [-0.4, -0.2) is 32.4 Å². The summed E-state index contributed by atoms with van der Waals surface area (Å²) >= 11 is 0. The van der Waals surface area contributed by atoms with Gasteiger partial charge in [0, 0.05) is 18.7 Å². The molecule has 16 heavy (non-hydrogen) atoms. The zero-order valence-corrected chi connectivity index (χ0v) is 9.44. The summed E-state index contributed by atoms with van der Waals surface area (Å²) in [6.45, 7) is 0.285.